The van der Waals surface area contributed by atoms with E-state index in [2.05, 4.69) is 6.07 Å². The highest BCUT2D eigenvalue weighted by Crippen LogP contribution is 2.22. The third-order valence-corrected chi connectivity index (χ3v) is 3.04. The summed E-state index contributed by atoms with van der Waals surface area (Å²) in [6.45, 7) is 5.98. The molecule has 94 valence electrons. The summed E-state index contributed by atoms with van der Waals surface area (Å²) in [5.41, 5.74) is 0. The number of ether oxygens (including phenoxy) is 1. The van der Waals surface area contributed by atoms with Gasteiger partial charge in [-0.05, 0) is 12.3 Å². The first-order valence-corrected chi connectivity index (χ1v) is 5.89. The molecule has 1 saturated heterocycles. The molecule has 0 aromatic carbocycles. The minimum Gasteiger partial charge on any atom is -0.447 e. The number of carbonyl (C=O) groups is 2. The zero-order chi connectivity index (χ0) is 13.0. The second kappa shape index (κ2) is 5.67. The first-order valence-electron chi connectivity index (χ1n) is 5.89. The zero-order valence-electron chi connectivity index (χ0n) is 10.5. The molecule has 1 rings (SSSR count). The topological polar surface area (TPSA) is 70.4 Å². The van der Waals surface area contributed by atoms with Crippen molar-refractivity contribution in [1.82, 2.24) is 4.90 Å². The van der Waals surface area contributed by atoms with E-state index in [0.717, 1.165) is 0 Å². The fourth-order valence-electron chi connectivity index (χ4n) is 1.80. The number of nitriles is 1. The summed E-state index contributed by atoms with van der Waals surface area (Å²) >= 11 is 0. The minimum atomic E-state index is -0.582. The van der Waals surface area contributed by atoms with Gasteiger partial charge in [-0.15, -0.1) is 0 Å². The first kappa shape index (κ1) is 13.5. The van der Waals surface area contributed by atoms with Crippen LogP contribution in [0.1, 0.15) is 33.6 Å². The van der Waals surface area contributed by atoms with Gasteiger partial charge in [-0.3, -0.25) is 4.79 Å². The number of nitrogens with zero attached hydrogens (tertiary/aromatic N) is 2. The Hall–Kier alpha value is -1.57. The van der Waals surface area contributed by atoms with Crippen LogP contribution in [-0.4, -0.2) is 29.5 Å². The zero-order valence-corrected chi connectivity index (χ0v) is 10.5. The molecule has 0 unspecified atom stereocenters. The van der Waals surface area contributed by atoms with Gasteiger partial charge in [-0.1, -0.05) is 20.8 Å². The molecule has 17 heavy (non-hydrogen) atoms. The van der Waals surface area contributed by atoms with E-state index in [1.165, 1.54) is 4.90 Å². The Morgan fingerprint density at radius 3 is 2.76 bits per heavy atom. The average Bonchev–Trinajstić information content (AvgIpc) is 2.67. The van der Waals surface area contributed by atoms with Crippen LogP contribution < -0.4 is 0 Å². The minimum absolute atomic E-state index is 0.0886. The average molecular weight is 238 g/mol. The summed E-state index contributed by atoms with van der Waals surface area (Å²) in [6, 6.07) is 1.86. The lowest BCUT2D eigenvalue weighted by Crippen LogP contribution is -2.42. The molecule has 2 amide bonds. The quantitative estimate of drug-likeness (QED) is 0.750. The Kier molecular flexibility index (Phi) is 4.50. The van der Waals surface area contributed by atoms with Crippen molar-refractivity contribution >= 4 is 12.0 Å². The largest absolute Gasteiger partial charge is 0.447 e. The molecular weight excluding hydrogens is 220 g/mol. The molecule has 0 aromatic heterocycles. The lowest BCUT2D eigenvalue weighted by Gasteiger charge is -2.23. The highest BCUT2D eigenvalue weighted by molar-refractivity contribution is 5.93. The summed E-state index contributed by atoms with van der Waals surface area (Å²) in [6.07, 6.45) is 0.115. The lowest BCUT2D eigenvalue weighted by molar-refractivity contribution is -0.130. The molecule has 1 aliphatic rings. The summed E-state index contributed by atoms with van der Waals surface area (Å²) in [4.78, 5) is 24.6. The van der Waals surface area contributed by atoms with E-state index in [1.807, 2.05) is 20.8 Å². The van der Waals surface area contributed by atoms with Crippen LogP contribution in [0.3, 0.4) is 0 Å². The molecule has 1 heterocycles. The van der Waals surface area contributed by atoms with E-state index in [1.54, 1.807) is 0 Å². The highest BCUT2D eigenvalue weighted by atomic mass is 16.6. The predicted molar refractivity (Wildman–Crippen MR) is 60.8 cm³/mol. The molecule has 0 aromatic rings. The van der Waals surface area contributed by atoms with Crippen LogP contribution in [0.2, 0.25) is 0 Å². The van der Waals surface area contributed by atoms with Gasteiger partial charge in [0.25, 0.3) is 0 Å². The van der Waals surface area contributed by atoms with Crippen molar-refractivity contribution < 1.29 is 14.3 Å². The van der Waals surface area contributed by atoms with Gasteiger partial charge < -0.3 is 4.74 Å². The van der Waals surface area contributed by atoms with Crippen LogP contribution in [-0.2, 0) is 9.53 Å². The molecule has 5 heteroatoms. The van der Waals surface area contributed by atoms with Gasteiger partial charge in [0.1, 0.15) is 6.61 Å². The smallest absolute Gasteiger partial charge is 0.416 e. The number of hydrogen-bond acceptors (Lipinski definition) is 4. The van der Waals surface area contributed by atoms with E-state index in [0.29, 0.717) is 6.42 Å². The van der Waals surface area contributed by atoms with Crippen LogP contribution in [0, 0.1) is 23.2 Å². The van der Waals surface area contributed by atoms with E-state index in [4.69, 9.17) is 10.00 Å². The van der Waals surface area contributed by atoms with Crippen molar-refractivity contribution in [3.63, 3.8) is 0 Å². The van der Waals surface area contributed by atoms with Crippen molar-refractivity contribution in [1.29, 1.82) is 5.26 Å². The lowest BCUT2D eigenvalue weighted by atomic mass is 10.0. The number of amides is 2. The maximum atomic E-state index is 12.0. The fourth-order valence-corrected chi connectivity index (χ4v) is 1.80. The van der Waals surface area contributed by atoms with Crippen LogP contribution in [0.4, 0.5) is 4.79 Å². The van der Waals surface area contributed by atoms with Crippen LogP contribution in [0.15, 0.2) is 0 Å². The van der Waals surface area contributed by atoms with Gasteiger partial charge in [0, 0.05) is 6.42 Å². The summed E-state index contributed by atoms with van der Waals surface area (Å²) in [5.74, 6) is -0.476. The molecule has 5 nitrogen and oxygen atoms in total. The number of imide groups is 1. The van der Waals surface area contributed by atoms with Crippen LogP contribution in [0.25, 0.3) is 0 Å². The standard InChI is InChI=1S/C12H18N2O3/c1-4-9(6-13)5-11(15)14-10(8(2)3)7-17-12(14)16/h8-10H,4-5,7H2,1-3H3/t9-,10-/m1/s1. The number of cyclic esters (lactones) is 1. The van der Waals surface area contributed by atoms with Gasteiger partial charge in [-0.25, -0.2) is 9.69 Å². The molecule has 0 saturated carbocycles. The third kappa shape index (κ3) is 2.96. The second-order valence-electron chi connectivity index (χ2n) is 4.59. The van der Waals surface area contributed by atoms with Gasteiger partial charge >= 0.3 is 6.09 Å². The van der Waals surface area contributed by atoms with Crippen molar-refractivity contribution in [2.75, 3.05) is 6.61 Å². The Bertz CT molecular complexity index is 346. The Morgan fingerprint density at radius 1 is 1.65 bits per heavy atom. The van der Waals surface area contributed by atoms with Gasteiger partial charge in [-0.2, -0.15) is 5.26 Å². The summed E-state index contributed by atoms with van der Waals surface area (Å²) in [7, 11) is 0. The van der Waals surface area contributed by atoms with Gasteiger partial charge in [0.05, 0.1) is 18.0 Å². The van der Waals surface area contributed by atoms with Gasteiger partial charge in [0.15, 0.2) is 0 Å². The molecule has 1 aliphatic heterocycles. The monoisotopic (exact) mass is 238 g/mol. The molecule has 2 atom stereocenters. The SMILES string of the molecule is CC[C@@H](C#N)CC(=O)N1C(=O)OC[C@@H]1C(C)C. The van der Waals surface area contributed by atoms with Crippen molar-refractivity contribution in [2.45, 2.75) is 39.7 Å². The third-order valence-electron chi connectivity index (χ3n) is 3.04. The van der Waals surface area contributed by atoms with Crippen LogP contribution >= 0.6 is 0 Å². The maximum absolute atomic E-state index is 12.0. The molecule has 0 aliphatic carbocycles. The van der Waals surface area contributed by atoms with E-state index in [-0.39, 0.29) is 36.8 Å². The fraction of sp³-hybridized carbons (Fsp3) is 0.750. The molecule has 0 spiro atoms. The molecule has 0 bridgehead atoms. The number of rotatable bonds is 4. The van der Waals surface area contributed by atoms with Crippen molar-refractivity contribution in [3.05, 3.63) is 0 Å². The summed E-state index contributed by atoms with van der Waals surface area (Å²) < 4.78 is 4.89. The highest BCUT2D eigenvalue weighted by Gasteiger charge is 2.39. The number of carbonyl (C=O) groups excluding carboxylic acids is 2. The Labute approximate surface area is 101 Å². The van der Waals surface area contributed by atoms with Gasteiger partial charge in [0.2, 0.25) is 5.91 Å². The molecule has 1 fully saturated rings. The predicted octanol–water partition coefficient (Wildman–Crippen LogP) is 1.93. The molecule has 0 N–H and O–H groups in total. The van der Waals surface area contributed by atoms with Crippen LogP contribution in [0.5, 0.6) is 0 Å². The van der Waals surface area contributed by atoms with Crippen molar-refractivity contribution in [2.24, 2.45) is 11.8 Å². The normalized spacial score (nSPS) is 21.2. The van der Waals surface area contributed by atoms with E-state index >= 15 is 0 Å². The Balaban J connectivity index is 2.73. The number of hydrogen-bond donors (Lipinski definition) is 0. The summed E-state index contributed by atoms with van der Waals surface area (Å²) in [5, 5.41) is 8.82. The van der Waals surface area contributed by atoms with E-state index in [9.17, 15) is 9.59 Å². The first-order chi connectivity index (χ1) is 8.01. The maximum Gasteiger partial charge on any atom is 0.416 e. The van der Waals surface area contributed by atoms with E-state index < -0.39 is 6.09 Å². The molecule has 0 radical (unpaired) electrons. The van der Waals surface area contributed by atoms with Crippen molar-refractivity contribution in [3.8, 4) is 6.07 Å². The second-order valence-corrected chi connectivity index (χ2v) is 4.59. The Morgan fingerprint density at radius 2 is 2.29 bits per heavy atom. The molecular formula is C12H18N2O3.